The zero-order chi connectivity index (χ0) is 23.9. The van der Waals surface area contributed by atoms with Crippen LogP contribution in [-0.2, 0) is 6.42 Å². The van der Waals surface area contributed by atoms with Gasteiger partial charge in [-0.05, 0) is 61.6 Å². The molecule has 1 heterocycles. The molecule has 0 saturated heterocycles. The van der Waals surface area contributed by atoms with Crippen LogP contribution in [0, 0.1) is 6.92 Å². The van der Waals surface area contributed by atoms with Crippen LogP contribution in [0.5, 0.6) is 5.75 Å². The van der Waals surface area contributed by atoms with Crippen LogP contribution in [0.1, 0.15) is 34.3 Å². The molecule has 1 aromatic heterocycles. The number of carbonyl (C=O) groups is 1. The number of amides is 1. The van der Waals surface area contributed by atoms with Crippen molar-refractivity contribution in [1.82, 2.24) is 9.88 Å². The molecule has 4 rings (SSSR count). The number of methoxy groups -OCH3 is 1. The molecule has 0 bridgehead atoms. The van der Waals surface area contributed by atoms with Crippen LogP contribution in [0.2, 0.25) is 0 Å². The van der Waals surface area contributed by atoms with Gasteiger partial charge in [0.15, 0.2) is 0 Å². The van der Waals surface area contributed by atoms with Gasteiger partial charge in [-0.1, -0.05) is 59.9 Å². The minimum Gasteiger partial charge on any atom is -0.495 e. The number of hydrogen-bond acceptors (Lipinski definition) is 4. The van der Waals surface area contributed by atoms with E-state index in [-0.39, 0.29) is 10.8 Å². The predicted octanol–water partition coefficient (Wildman–Crippen LogP) is 5.64. The van der Waals surface area contributed by atoms with E-state index in [0.717, 1.165) is 47.4 Å². The van der Waals surface area contributed by atoms with Crippen molar-refractivity contribution in [2.24, 2.45) is 0 Å². The number of nitrogens with zero attached hydrogens (tertiary/aromatic N) is 1. The lowest BCUT2D eigenvalue weighted by molar-refractivity contribution is 0.0953. The normalized spacial score (nSPS) is 10.8. The van der Waals surface area contributed by atoms with Gasteiger partial charge in [0.2, 0.25) is 0 Å². The summed E-state index contributed by atoms with van der Waals surface area (Å²) in [6.45, 7) is 2.60. The Kier molecular flexibility index (Phi) is 7.60. The van der Waals surface area contributed by atoms with Gasteiger partial charge >= 0.3 is 4.87 Å². The molecule has 174 valence electrons. The fourth-order valence-corrected chi connectivity index (χ4v) is 4.69. The number of aryl methyl sites for hydroxylation is 2. The Bertz CT molecular complexity index is 1320. The first kappa shape index (κ1) is 23.5. The standard InChI is InChI=1S/C28H28N2O3S/c1-20-14-15-26(33-2)24(17-20)30-25(19-34-28(30)32)22-12-8-13-23(18-22)27(31)29-16-7-6-11-21-9-4-3-5-10-21/h3-5,8-10,12-15,17-19H,6-7,11,16H2,1-2H3,(H,29,31). The Morgan fingerprint density at radius 3 is 2.62 bits per heavy atom. The first-order valence-corrected chi connectivity index (χ1v) is 12.2. The number of hydrogen-bond donors (Lipinski definition) is 1. The third-order valence-electron chi connectivity index (χ3n) is 5.71. The van der Waals surface area contributed by atoms with E-state index in [1.54, 1.807) is 17.7 Å². The van der Waals surface area contributed by atoms with Gasteiger partial charge in [-0.3, -0.25) is 14.2 Å². The summed E-state index contributed by atoms with van der Waals surface area (Å²) in [7, 11) is 1.59. The molecule has 0 spiro atoms. The van der Waals surface area contributed by atoms with E-state index in [1.165, 1.54) is 5.56 Å². The SMILES string of the molecule is COc1ccc(C)cc1-n1c(-c2cccc(C(=O)NCCCCc3ccccc3)c2)csc1=O. The van der Waals surface area contributed by atoms with Gasteiger partial charge in [0.1, 0.15) is 5.75 Å². The number of aromatic nitrogens is 1. The smallest absolute Gasteiger partial charge is 0.312 e. The van der Waals surface area contributed by atoms with E-state index in [0.29, 0.717) is 23.5 Å². The van der Waals surface area contributed by atoms with Crippen molar-refractivity contribution >= 4 is 17.2 Å². The molecule has 0 radical (unpaired) electrons. The number of rotatable bonds is 9. The Labute approximate surface area is 203 Å². The summed E-state index contributed by atoms with van der Waals surface area (Å²) in [6, 6.07) is 23.5. The van der Waals surface area contributed by atoms with Crippen LogP contribution in [0.15, 0.2) is 83.0 Å². The van der Waals surface area contributed by atoms with Crippen molar-refractivity contribution in [2.45, 2.75) is 26.2 Å². The van der Waals surface area contributed by atoms with Crippen LogP contribution >= 0.6 is 11.3 Å². The third kappa shape index (κ3) is 5.46. The average Bonchev–Trinajstić information content (AvgIpc) is 3.25. The van der Waals surface area contributed by atoms with Crippen molar-refractivity contribution in [3.63, 3.8) is 0 Å². The highest BCUT2D eigenvalue weighted by molar-refractivity contribution is 7.07. The van der Waals surface area contributed by atoms with Crippen LogP contribution in [0.25, 0.3) is 16.9 Å². The molecule has 0 fully saturated rings. The van der Waals surface area contributed by atoms with Crippen LogP contribution in [-0.4, -0.2) is 24.1 Å². The van der Waals surface area contributed by atoms with Crippen LogP contribution < -0.4 is 14.9 Å². The highest BCUT2D eigenvalue weighted by Gasteiger charge is 2.16. The molecule has 0 atom stereocenters. The highest BCUT2D eigenvalue weighted by atomic mass is 32.1. The highest BCUT2D eigenvalue weighted by Crippen LogP contribution is 2.30. The average molecular weight is 473 g/mol. The van der Waals surface area contributed by atoms with Gasteiger partial charge in [0.05, 0.1) is 18.5 Å². The zero-order valence-electron chi connectivity index (χ0n) is 19.4. The van der Waals surface area contributed by atoms with Crippen LogP contribution in [0.3, 0.4) is 0 Å². The maximum Gasteiger partial charge on any atom is 0.312 e. The number of nitrogens with one attached hydrogen (secondary N) is 1. The van der Waals surface area contributed by atoms with Crippen LogP contribution in [0.4, 0.5) is 0 Å². The van der Waals surface area contributed by atoms with E-state index < -0.39 is 0 Å². The minimum absolute atomic E-state index is 0.104. The summed E-state index contributed by atoms with van der Waals surface area (Å²) in [4.78, 5) is 25.4. The molecule has 0 aliphatic carbocycles. The molecule has 0 unspecified atom stereocenters. The quantitative estimate of drug-likeness (QED) is 0.321. The summed E-state index contributed by atoms with van der Waals surface area (Å²) in [5.74, 6) is 0.510. The molecule has 4 aromatic rings. The van der Waals surface area contributed by atoms with E-state index in [2.05, 4.69) is 17.4 Å². The number of ether oxygens (including phenoxy) is 1. The molecule has 34 heavy (non-hydrogen) atoms. The van der Waals surface area contributed by atoms with Gasteiger partial charge in [-0.2, -0.15) is 0 Å². The first-order chi connectivity index (χ1) is 16.6. The number of unbranched alkanes of at least 4 members (excludes halogenated alkanes) is 1. The number of thiazole rings is 1. The predicted molar refractivity (Wildman–Crippen MR) is 138 cm³/mol. The second kappa shape index (κ2) is 11.0. The molecule has 1 amide bonds. The molecular formula is C28H28N2O3S. The van der Waals surface area contributed by atoms with Crippen molar-refractivity contribution in [3.05, 3.63) is 105 Å². The third-order valence-corrected chi connectivity index (χ3v) is 6.44. The van der Waals surface area contributed by atoms with E-state index in [4.69, 9.17) is 4.74 Å². The Hall–Kier alpha value is -3.64. The van der Waals surface area contributed by atoms with Crippen molar-refractivity contribution in [2.75, 3.05) is 13.7 Å². The summed E-state index contributed by atoms with van der Waals surface area (Å²) in [5.41, 5.74) is 5.14. The minimum atomic E-state index is -0.112. The molecule has 3 aromatic carbocycles. The fourth-order valence-electron chi connectivity index (χ4n) is 3.93. The summed E-state index contributed by atoms with van der Waals surface area (Å²) < 4.78 is 7.15. The van der Waals surface area contributed by atoms with Crippen molar-refractivity contribution in [3.8, 4) is 22.7 Å². The summed E-state index contributed by atoms with van der Waals surface area (Å²) >= 11 is 1.13. The lowest BCUT2D eigenvalue weighted by Gasteiger charge is -2.13. The second-order valence-corrected chi connectivity index (χ2v) is 9.00. The second-order valence-electron chi connectivity index (χ2n) is 8.18. The molecule has 0 aliphatic heterocycles. The lowest BCUT2D eigenvalue weighted by atomic mass is 10.1. The molecule has 1 N–H and O–H groups in total. The van der Waals surface area contributed by atoms with E-state index >= 15 is 0 Å². The summed E-state index contributed by atoms with van der Waals surface area (Å²) in [5, 5.41) is 4.84. The van der Waals surface area contributed by atoms with Gasteiger partial charge in [-0.25, -0.2) is 0 Å². The fraction of sp³-hybridized carbons (Fsp3) is 0.214. The van der Waals surface area contributed by atoms with Crippen molar-refractivity contribution in [1.29, 1.82) is 0 Å². The first-order valence-electron chi connectivity index (χ1n) is 11.3. The molecule has 5 nitrogen and oxygen atoms in total. The van der Waals surface area contributed by atoms with Crippen molar-refractivity contribution < 1.29 is 9.53 Å². The molecular weight excluding hydrogens is 444 g/mol. The Morgan fingerprint density at radius 1 is 1.00 bits per heavy atom. The largest absolute Gasteiger partial charge is 0.495 e. The zero-order valence-corrected chi connectivity index (χ0v) is 20.2. The van der Waals surface area contributed by atoms with E-state index in [1.807, 2.05) is 66.9 Å². The Morgan fingerprint density at radius 2 is 1.82 bits per heavy atom. The van der Waals surface area contributed by atoms with Gasteiger partial charge in [-0.15, -0.1) is 0 Å². The maximum absolute atomic E-state index is 12.8. The Balaban J connectivity index is 1.48. The number of benzene rings is 3. The molecule has 6 heteroatoms. The van der Waals surface area contributed by atoms with Gasteiger partial charge < -0.3 is 10.1 Å². The van der Waals surface area contributed by atoms with Gasteiger partial charge in [0.25, 0.3) is 5.91 Å². The summed E-state index contributed by atoms with van der Waals surface area (Å²) in [6.07, 6.45) is 2.94. The molecule has 0 saturated carbocycles. The monoisotopic (exact) mass is 472 g/mol. The lowest BCUT2D eigenvalue weighted by Crippen LogP contribution is -2.24. The number of carbonyl (C=O) groups excluding carboxylic acids is 1. The maximum atomic E-state index is 12.8. The topological polar surface area (TPSA) is 60.3 Å². The molecule has 0 aliphatic rings. The van der Waals surface area contributed by atoms with E-state index in [9.17, 15) is 9.59 Å². The van der Waals surface area contributed by atoms with Gasteiger partial charge in [0, 0.05) is 23.1 Å².